The predicted octanol–water partition coefficient (Wildman–Crippen LogP) is 1.40. The number of nitrogens with one attached hydrogen (secondary N) is 1. The molecule has 4 heteroatoms. The van der Waals surface area contributed by atoms with Crippen molar-refractivity contribution in [2.45, 2.75) is 24.8 Å². The van der Waals surface area contributed by atoms with Crippen molar-refractivity contribution in [2.24, 2.45) is 0 Å². The van der Waals surface area contributed by atoms with Crippen molar-refractivity contribution < 1.29 is 14.6 Å². The normalized spacial score (nSPS) is 24.3. The molecule has 0 saturated carbocycles. The molecule has 1 aromatic carbocycles. The van der Waals surface area contributed by atoms with Gasteiger partial charge in [-0.2, -0.15) is 0 Å². The van der Waals surface area contributed by atoms with Gasteiger partial charge >= 0.3 is 5.97 Å². The van der Waals surface area contributed by atoms with Crippen LogP contribution in [0.5, 0.6) is 5.75 Å². The van der Waals surface area contributed by atoms with Gasteiger partial charge in [-0.25, -0.2) is 0 Å². The van der Waals surface area contributed by atoms with Crippen molar-refractivity contribution in [3.05, 3.63) is 29.8 Å². The van der Waals surface area contributed by atoms with Crippen LogP contribution in [-0.2, 0) is 9.53 Å². The third-order valence-corrected chi connectivity index (χ3v) is 3.23. The van der Waals surface area contributed by atoms with E-state index in [1.165, 1.54) is 7.11 Å². The van der Waals surface area contributed by atoms with Crippen LogP contribution in [0, 0.1) is 0 Å². The van der Waals surface area contributed by atoms with E-state index < -0.39 is 0 Å². The van der Waals surface area contributed by atoms with E-state index in [4.69, 9.17) is 4.74 Å². The maximum absolute atomic E-state index is 11.5. The van der Waals surface area contributed by atoms with E-state index in [0.717, 1.165) is 24.9 Å². The molecule has 2 N–H and O–H groups in total. The van der Waals surface area contributed by atoms with Crippen LogP contribution in [0.2, 0.25) is 0 Å². The molecule has 17 heavy (non-hydrogen) atoms. The minimum absolute atomic E-state index is 0.213. The van der Waals surface area contributed by atoms with Gasteiger partial charge in [0.2, 0.25) is 0 Å². The second-order valence-electron chi connectivity index (χ2n) is 4.35. The van der Waals surface area contributed by atoms with E-state index >= 15 is 0 Å². The molecule has 1 fully saturated rings. The van der Waals surface area contributed by atoms with Gasteiger partial charge in [0.05, 0.1) is 7.11 Å². The first-order valence-corrected chi connectivity index (χ1v) is 5.81. The van der Waals surface area contributed by atoms with Gasteiger partial charge in [0.15, 0.2) is 0 Å². The largest absolute Gasteiger partial charge is 0.508 e. The van der Waals surface area contributed by atoms with Crippen LogP contribution in [0.3, 0.4) is 0 Å². The number of carbonyl (C=O) groups is 1. The smallest absolute Gasteiger partial charge is 0.322 e. The van der Waals surface area contributed by atoms with Crippen LogP contribution in [0.4, 0.5) is 0 Å². The number of methoxy groups -OCH3 is 1. The molecule has 1 aromatic rings. The molecular formula is C13H17NO3. The van der Waals surface area contributed by atoms with Crippen LogP contribution < -0.4 is 5.32 Å². The minimum atomic E-state index is -0.235. The summed E-state index contributed by atoms with van der Waals surface area (Å²) >= 11 is 0. The molecule has 0 radical (unpaired) electrons. The highest BCUT2D eigenvalue weighted by atomic mass is 16.5. The summed E-state index contributed by atoms with van der Waals surface area (Å²) in [4.78, 5) is 11.5. The summed E-state index contributed by atoms with van der Waals surface area (Å²) in [6.45, 7) is 0.792. The molecule has 1 aliphatic rings. The highest BCUT2D eigenvalue weighted by molar-refractivity contribution is 5.75. The Hall–Kier alpha value is -1.55. The van der Waals surface area contributed by atoms with E-state index in [-0.39, 0.29) is 17.8 Å². The van der Waals surface area contributed by atoms with Crippen molar-refractivity contribution in [3.8, 4) is 5.75 Å². The Bertz CT molecular complexity index is 405. The van der Waals surface area contributed by atoms with Gasteiger partial charge in [0.1, 0.15) is 11.8 Å². The lowest BCUT2D eigenvalue weighted by Crippen LogP contribution is -2.43. The van der Waals surface area contributed by atoms with Gasteiger partial charge in [0.25, 0.3) is 0 Å². The summed E-state index contributed by atoms with van der Waals surface area (Å²) in [6, 6.07) is 7.01. The van der Waals surface area contributed by atoms with E-state index in [9.17, 15) is 9.90 Å². The molecule has 2 atom stereocenters. The number of phenolic OH excluding ortho intramolecular Hbond substituents is 1. The van der Waals surface area contributed by atoms with E-state index in [1.807, 2.05) is 12.1 Å². The quantitative estimate of drug-likeness (QED) is 0.761. The number of hydrogen-bond donors (Lipinski definition) is 2. The molecule has 0 spiro atoms. The molecular weight excluding hydrogens is 218 g/mol. The van der Waals surface area contributed by atoms with Crippen LogP contribution in [0.1, 0.15) is 24.3 Å². The van der Waals surface area contributed by atoms with Crippen molar-refractivity contribution in [1.82, 2.24) is 5.32 Å². The number of phenols is 1. The Balaban J connectivity index is 2.09. The maximum Gasteiger partial charge on any atom is 0.322 e. The number of hydrogen-bond acceptors (Lipinski definition) is 4. The summed E-state index contributed by atoms with van der Waals surface area (Å²) in [5.74, 6) is 0.359. The van der Waals surface area contributed by atoms with Gasteiger partial charge in [-0.15, -0.1) is 0 Å². The topological polar surface area (TPSA) is 58.6 Å². The Morgan fingerprint density at radius 3 is 3.06 bits per heavy atom. The van der Waals surface area contributed by atoms with Crippen LogP contribution in [0.25, 0.3) is 0 Å². The van der Waals surface area contributed by atoms with Gasteiger partial charge in [0, 0.05) is 0 Å². The Morgan fingerprint density at radius 2 is 2.35 bits per heavy atom. The lowest BCUT2D eigenvalue weighted by molar-refractivity contribution is -0.143. The molecule has 1 aliphatic heterocycles. The second-order valence-corrected chi connectivity index (χ2v) is 4.35. The lowest BCUT2D eigenvalue weighted by atomic mass is 9.86. The first-order valence-electron chi connectivity index (χ1n) is 5.81. The fraction of sp³-hybridized carbons (Fsp3) is 0.462. The number of ether oxygens (including phenoxy) is 1. The van der Waals surface area contributed by atoms with Crippen molar-refractivity contribution in [2.75, 3.05) is 13.7 Å². The number of carbonyl (C=O) groups excluding carboxylic acids is 1. The highest BCUT2D eigenvalue weighted by Gasteiger charge is 2.28. The maximum atomic E-state index is 11.5. The van der Waals surface area contributed by atoms with Crippen LogP contribution in [-0.4, -0.2) is 30.8 Å². The van der Waals surface area contributed by atoms with Crippen LogP contribution in [0.15, 0.2) is 24.3 Å². The van der Waals surface area contributed by atoms with E-state index in [1.54, 1.807) is 12.1 Å². The zero-order valence-electron chi connectivity index (χ0n) is 9.85. The predicted molar refractivity (Wildman–Crippen MR) is 63.9 cm³/mol. The SMILES string of the molecule is COC(=O)[C@H]1C[C@H](c2cccc(O)c2)CCN1. The Kier molecular flexibility index (Phi) is 3.64. The second kappa shape index (κ2) is 5.19. The number of benzene rings is 1. The van der Waals surface area contributed by atoms with Gasteiger partial charge < -0.3 is 15.2 Å². The molecule has 92 valence electrons. The third kappa shape index (κ3) is 2.77. The Labute approximate surface area is 101 Å². The molecule has 0 amide bonds. The van der Waals surface area contributed by atoms with Crippen LogP contribution >= 0.6 is 0 Å². The molecule has 0 aromatic heterocycles. The van der Waals surface area contributed by atoms with Crippen molar-refractivity contribution in [3.63, 3.8) is 0 Å². The van der Waals surface area contributed by atoms with Gasteiger partial charge in [-0.05, 0) is 43.0 Å². The van der Waals surface area contributed by atoms with E-state index in [0.29, 0.717) is 5.92 Å². The summed E-state index contributed by atoms with van der Waals surface area (Å²) in [6.07, 6.45) is 1.69. The molecule has 1 saturated heterocycles. The van der Waals surface area contributed by atoms with E-state index in [2.05, 4.69) is 5.32 Å². The fourth-order valence-corrected chi connectivity index (χ4v) is 2.32. The zero-order valence-corrected chi connectivity index (χ0v) is 9.85. The number of rotatable bonds is 2. The minimum Gasteiger partial charge on any atom is -0.508 e. The average molecular weight is 235 g/mol. The first kappa shape index (κ1) is 11.9. The molecule has 0 aliphatic carbocycles. The molecule has 2 rings (SSSR count). The summed E-state index contributed by atoms with van der Waals surface area (Å²) in [5.41, 5.74) is 1.08. The molecule has 0 bridgehead atoms. The number of esters is 1. The number of aromatic hydroxyl groups is 1. The van der Waals surface area contributed by atoms with Gasteiger partial charge in [-0.3, -0.25) is 4.79 Å². The molecule has 1 heterocycles. The first-order chi connectivity index (χ1) is 8.20. The lowest BCUT2D eigenvalue weighted by Gasteiger charge is -2.28. The monoisotopic (exact) mass is 235 g/mol. The van der Waals surface area contributed by atoms with Crippen molar-refractivity contribution >= 4 is 5.97 Å². The van der Waals surface area contributed by atoms with Crippen molar-refractivity contribution in [1.29, 1.82) is 0 Å². The Morgan fingerprint density at radius 1 is 1.53 bits per heavy atom. The number of piperidine rings is 1. The average Bonchev–Trinajstić information content (AvgIpc) is 2.38. The van der Waals surface area contributed by atoms with Gasteiger partial charge in [-0.1, -0.05) is 12.1 Å². The third-order valence-electron chi connectivity index (χ3n) is 3.23. The fourth-order valence-electron chi connectivity index (χ4n) is 2.32. The highest BCUT2D eigenvalue weighted by Crippen LogP contribution is 2.29. The summed E-state index contributed by atoms with van der Waals surface area (Å²) in [7, 11) is 1.40. The molecule has 0 unspecified atom stereocenters. The summed E-state index contributed by atoms with van der Waals surface area (Å²) < 4.78 is 4.75. The standard InChI is InChI=1S/C13H17NO3/c1-17-13(16)12-8-10(5-6-14-12)9-3-2-4-11(15)7-9/h2-4,7,10,12,14-15H,5-6,8H2,1H3/t10-,12-/m1/s1. The molecule has 4 nitrogen and oxygen atoms in total. The zero-order chi connectivity index (χ0) is 12.3. The summed E-state index contributed by atoms with van der Waals surface area (Å²) in [5, 5.41) is 12.6.